The van der Waals surface area contributed by atoms with Crippen LogP contribution in [0.1, 0.15) is 10.4 Å². The van der Waals surface area contributed by atoms with E-state index in [-0.39, 0.29) is 5.56 Å². The predicted molar refractivity (Wildman–Crippen MR) is 67.3 cm³/mol. The average Bonchev–Trinajstić information content (AvgIpc) is 2.69. The minimum absolute atomic E-state index is 0.270. The highest BCUT2D eigenvalue weighted by atomic mass is 35.6. The van der Waals surface area contributed by atoms with Crippen LogP contribution in [0.2, 0.25) is 0 Å². The van der Waals surface area contributed by atoms with Gasteiger partial charge in [-0.1, -0.05) is 34.8 Å². The Morgan fingerprint density at radius 3 is 2.76 bits per heavy atom. The normalized spacial score (nSPS) is 11.8. The van der Waals surface area contributed by atoms with Crippen LogP contribution in [0.4, 0.5) is 0 Å². The van der Waals surface area contributed by atoms with E-state index in [1.807, 2.05) is 0 Å². The van der Waals surface area contributed by atoms with E-state index < -0.39 is 9.58 Å². The summed E-state index contributed by atoms with van der Waals surface area (Å²) in [5.41, 5.74) is 0.801. The van der Waals surface area contributed by atoms with Crippen LogP contribution in [0.5, 0.6) is 5.75 Å². The molecule has 0 aliphatic carbocycles. The summed E-state index contributed by atoms with van der Waals surface area (Å²) in [4.78, 5) is 18.8. The number of carbonyl (C=O) groups excluding carboxylic acids is 1. The molecule has 7 heteroatoms. The van der Waals surface area contributed by atoms with Gasteiger partial charge in [0, 0.05) is 17.1 Å². The Kier molecular flexibility index (Phi) is 3.21. The van der Waals surface area contributed by atoms with Gasteiger partial charge >= 0.3 is 0 Å². The first kappa shape index (κ1) is 12.5. The average molecular weight is 294 g/mol. The third-order valence-corrected chi connectivity index (χ3v) is 2.76. The lowest BCUT2D eigenvalue weighted by molar-refractivity contribution is 0.0998. The van der Waals surface area contributed by atoms with Crippen molar-refractivity contribution in [1.82, 2.24) is 9.97 Å². The topological polar surface area (TPSA) is 55.0 Å². The zero-order valence-electron chi connectivity index (χ0n) is 8.63. The molecule has 2 aromatic rings. The molecule has 0 aliphatic heterocycles. The summed E-state index contributed by atoms with van der Waals surface area (Å²) < 4.78 is 3.04. The largest absolute Gasteiger partial charge is 0.495 e. The second-order valence-corrected chi connectivity index (χ2v) is 5.58. The van der Waals surface area contributed by atoms with Gasteiger partial charge in [0.1, 0.15) is 11.4 Å². The van der Waals surface area contributed by atoms with Crippen molar-refractivity contribution in [3.05, 3.63) is 24.0 Å². The Hall–Kier alpha value is -0.970. The molecule has 90 valence electrons. The number of alkyl halides is 3. The summed E-state index contributed by atoms with van der Waals surface area (Å²) in [6.45, 7) is 0. The molecule has 0 atom stereocenters. The van der Waals surface area contributed by atoms with E-state index in [1.54, 1.807) is 6.07 Å². The van der Waals surface area contributed by atoms with E-state index in [9.17, 15) is 4.79 Å². The highest BCUT2D eigenvalue weighted by Gasteiger charge is 2.33. The number of fused-ring (bicyclic) bond motifs is 1. The molecule has 1 N–H and O–H groups in total. The van der Waals surface area contributed by atoms with Gasteiger partial charge in [0.15, 0.2) is 0 Å². The fraction of sp³-hybridized carbons (Fsp3) is 0.200. The lowest BCUT2D eigenvalue weighted by atomic mass is 10.1. The van der Waals surface area contributed by atoms with Gasteiger partial charge in [0.2, 0.25) is 5.78 Å². The minimum Gasteiger partial charge on any atom is -0.495 e. The monoisotopic (exact) mass is 292 g/mol. The van der Waals surface area contributed by atoms with Crippen molar-refractivity contribution in [2.45, 2.75) is 3.79 Å². The maximum atomic E-state index is 11.9. The van der Waals surface area contributed by atoms with Crippen molar-refractivity contribution in [3.8, 4) is 5.75 Å². The first-order valence-corrected chi connectivity index (χ1v) is 5.69. The van der Waals surface area contributed by atoms with Gasteiger partial charge in [-0.05, 0) is 6.07 Å². The molecule has 0 aromatic carbocycles. The van der Waals surface area contributed by atoms with E-state index in [0.717, 1.165) is 0 Å². The summed E-state index contributed by atoms with van der Waals surface area (Å²) in [5.74, 6) is -0.0840. The number of H-pyrrole nitrogens is 1. The van der Waals surface area contributed by atoms with Gasteiger partial charge in [0.05, 0.1) is 13.3 Å². The second kappa shape index (κ2) is 4.37. The summed E-state index contributed by atoms with van der Waals surface area (Å²) in [5, 5.41) is 0.556. The van der Waals surface area contributed by atoms with Crippen LogP contribution in [0, 0.1) is 0 Å². The summed E-state index contributed by atoms with van der Waals surface area (Å²) >= 11 is 16.7. The standard InChI is InChI=1S/C10H7Cl3N2O2/c1-17-5-2-6-7(8(16)10(11,12)13)4-15-9(6)14-3-5/h2-4H,1H3,(H,14,15). The highest BCUT2D eigenvalue weighted by Crippen LogP contribution is 2.33. The third-order valence-electron chi connectivity index (χ3n) is 2.24. The molecule has 0 aliphatic rings. The Labute approximate surface area is 112 Å². The van der Waals surface area contributed by atoms with E-state index in [1.165, 1.54) is 19.5 Å². The van der Waals surface area contributed by atoms with Crippen LogP contribution in [0.25, 0.3) is 11.0 Å². The molecule has 0 radical (unpaired) electrons. The number of methoxy groups -OCH3 is 1. The maximum absolute atomic E-state index is 11.9. The maximum Gasteiger partial charge on any atom is 0.253 e. The van der Waals surface area contributed by atoms with Crippen molar-refractivity contribution >= 4 is 51.6 Å². The molecule has 2 heterocycles. The molecule has 17 heavy (non-hydrogen) atoms. The molecule has 0 unspecified atom stereocenters. The SMILES string of the molecule is COc1cnc2[nH]cc(C(=O)C(Cl)(Cl)Cl)c2c1. The Bertz CT molecular complexity index is 574. The number of hydrogen-bond donors (Lipinski definition) is 1. The van der Waals surface area contributed by atoms with Crippen molar-refractivity contribution in [2.24, 2.45) is 0 Å². The van der Waals surface area contributed by atoms with E-state index in [0.29, 0.717) is 16.8 Å². The van der Waals surface area contributed by atoms with Gasteiger partial charge in [-0.25, -0.2) is 4.98 Å². The van der Waals surface area contributed by atoms with Crippen molar-refractivity contribution in [1.29, 1.82) is 0 Å². The molecule has 0 saturated carbocycles. The highest BCUT2D eigenvalue weighted by molar-refractivity contribution is 6.77. The minimum atomic E-state index is -1.99. The van der Waals surface area contributed by atoms with Gasteiger partial charge < -0.3 is 9.72 Å². The summed E-state index contributed by atoms with van der Waals surface area (Å²) in [6.07, 6.45) is 2.99. The number of ether oxygens (including phenoxy) is 1. The van der Waals surface area contributed by atoms with E-state index in [4.69, 9.17) is 39.5 Å². The summed E-state index contributed by atoms with van der Waals surface area (Å²) in [7, 11) is 1.51. The first-order valence-electron chi connectivity index (χ1n) is 4.56. The smallest absolute Gasteiger partial charge is 0.253 e. The molecular weight excluding hydrogens is 286 g/mol. The molecule has 2 aromatic heterocycles. The Balaban J connectivity index is 2.59. The first-order chi connectivity index (χ1) is 7.93. The Morgan fingerprint density at radius 1 is 1.47 bits per heavy atom. The second-order valence-electron chi connectivity index (χ2n) is 3.30. The molecule has 0 fully saturated rings. The van der Waals surface area contributed by atoms with Crippen LogP contribution in [-0.4, -0.2) is 26.7 Å². The van der Waals surface area contributed by atoms with E-state index >= 15 is 0 Å². The number of carbonyl (C=O) groups is 1. The number of nitrogens with one attached hydrogen (secondary N) is 1. The zero-order valence-corrected chi connectivity index (χ0v) is 10.9. The predicted octanol–water partition coefficient (Wildman–Crippen LogP) is 3.12. The number of rotatable bonds is 2. The van der Waals surface area contributed by atoms with Gasteiger partial charge in [-0.2, -0.15) is 0 Å². The number of pyridine rings is 1. The molecule has 0 saturated heterocycles. The third kappa shape index (κ3) is 2.34. The fourth-order valence-electron chi connectivity index (χ4n) is 1.44. The van der Waals surface area contributed by atoms with Crippen LogP contribution < -0.4 is 4.74 Å². The van der Waals surface area contributed by atoms with Crippen molar-refractivity contribution in [2.75, 3.05) is 7.11 Å². The van der Waals surface area contributed by atoms with Crippen molar-refractivity contribution < 1.29 is 9.53 Å². The zero-order chi connectivity index (χ0) is 12.6. The molecule has 0 amide bonds. The molecule has 4 nitrogen and oxygen atoms in total. The van der Waals surface area contributed by atoms with Gasteiger partial charge in [-0.3, -0.25) is 4.79 Å². The number of ketones is 1. The quantitative estimate of drug-likeness (QED) is 0.683. The number of halogens is 3. The Morgan fingerprint density at radius 2 is 2.18 bits per heavy atom. The van der Waals surface area contributed by atoms with Crippen molar-refractivity contribution in [3.63, 3.8) is 0 Å². The molecule has 0 bridgehead atoms. The fourth-order valence-corrected chi connectivity index (χ4v) is 1.74. The number of Topliss-reactive ketones (excluding diaryl/α,β-unsaturated/α-hetero) is 1. The van der Waals surface area contributed by atoms with Crippen LogP contribution >= 0.6 is 34.8 Å². The number of nitrogens with zero attached hydrogens (tertiary/aromatic N) is 1. The van der Waals surface area contributed by atoms with Gasteiger partial charge in [0.25, 0.3) is 3.79 Å². The number of aromatic amines is 1. The van der Waals surface area contributed by atoms with Gasteiger partial charge in [-0.15, -0.1) is 0 Å². The molecular formula is C10H7Cl3N2O2. The van der Waals surface area contributed by atoms with E-state index in [2.05, 4.69) is 9.97 Å². The lowest BCUT2D eigenvalue weighted by Crippen LogP contribution is -2.18. The molecule has 2 rings (SSSR count). The lowest BCUT2D eigenvalue weighted by Gasteiger charge is -2.08. The summed E-state index contributed by atoms with van der Waals surface area (Å²) in [6, 6.07) is 1.66. The molecule has 0 spiro atoms. The number of hydrogen-bond acceptors (Lipinski definition) is 3. The van der Waals surface area contributed by atoms with Crippen LogP contribution in [0.15, 0.2) is 18.5 Å². The van der Waals surface area contributed by atoms with Crippen LogP contribution in [-0.2, 0) is 0 Å². The number of aromatic nitrogens is 2. The van der Waals surface area contributed by atoms with Crippen LogP contribution in [0.3, 0.4) is 0 Å².